The second kappa shape index (κ2) is 4.95. The Morgan fingerprint density at radius 1 is 1.50 bits per heavy atom. The number of rotatable bonds is 3. The Morgan fingerprint density at radius 2 is 2.38 bits per heavy atom. The van der Waals surface area contributed by atoms with Crippen molar-refractivity contribution in [2.45, 2.75) is 25.3 Å². The number of nitrogens with zero attached hydrogens (tertiary/aromatic N) is 2. The van der Waals surface area contributed by atoms with Crippen LogP contribution in [-0.2, 0) is 0 Å². The molecule has 0 amide bonds. The number of nitrogens with one attached hydrogen (secondary N) is 1. The first-order chi connectivity index (χ1) is 7.83. The standard InChI is InChI=1S/C12H16N4/c13-7-9-3-1-5-11(9)16-12-6-2-4-10(8-14)15-12/h2,4,6,9,11H,1,3,5,7,13H2,(H,15,16). The van der Waals surface area contributed by atoms with Gasteiger partial charge in [-0.1, -0.05) is 12.5 Å². The molecule has 0 saturated heterocycles. The van der Waals surface area contributed by atoms with Gasteiger partial charge in [0.1, 0.15) is 17.6 Å². The molecule has 1 aliphatic carbocycles. The molecule has 0 bridgehead atoms. The Bertz CT molecular complexity index is 396. The first-order valence-corrected chi connectivity index (χ1v) is 5.67. The zero-order valence-electron chi connectivity index (χ0n) is 9.19. The molecular weight excluding hydrogens is 200 g/mol. The van der Waals surface area contributed by atoms with Crippen LogP contribution in [0.2, 0.25) is 0 Å². The van der Waals surface area contributed by atoms with Gasteiger partial charge in [-0.25, -0.2) is 4.98 Å². The number of anilines is 1. The second-order valence-electron chi connectivity index (χ2n) is 4.20. The molecule has 0 spiro atoms. The van der Waals surface area contributed by atoms with Crippen molar-refractivity contribution in [3.63, 3.8) is 0 Å². The van der Waals surface area contributed by atoms with Crippen LogP contribution >= 0.6 is 0 Å². The number of nitrogens with two attached hydrogens (primary N) is 1. The molecule has 2 unspecified atom stereocenters. The third-order valence-electron chi connectivity index (χ3n) is 3.16. The van der Waals surface area contributed by atoms with Gasteiger partial charge in [-0.15, -0.1) is 0 Å². The monoisotopic (exact) mass is 216 g/mol. The summed E-state index contributed by atoms with van der Waals surface area (Å²) in [7, 11) is 0. The summed E-state index contributed by atoms with van der Waals surface area (Å²) in [4.78, 5) is 4.21. The fourth-order valence-corrected chi connectivity index (χ4v) is 2.28. The van der Waals surface area contributed by atoms with E-state index in [-0.39, 0.29) is 0 Å². The van der Waals surface area contributed by atoms with Gasteiger partial charge in [-0.2, -0.15) is 5.26 Å². The van der Waals surface area contributed by atoms with Crippen LogP contribution in [-0.4, -0.2) is 17.6 Å². The summed E-state index contributed by atoms with van der Waals surface area (Å²) in [6, 6.07) is 7.90. The van der Waals surface area contributed by atoms with Crippen LogP contribution in [0.3, 0.4) is 0 Å². The first-order valence-electron chi connectivity index (χ1n) is 5.67. The molecule has 0 aliphatic heterocycles. The van der Waals surface area contributed by atoms with Crippen LogP contribution in [0.4, 0.5) is 5.82 Å². The Kier molecular flexibility index (Phi) is 3.37. The first kappa shape index (κ1) is 10.9. The zero-order valence-corrected chi connectivity index (χ0v) is 9.19. The maximum atomic E-state index is 8.76. The highest BCUT2D eigenvalue weighted by molar-refractivity contribution is 5.39. The minimum absolute atomic E-state index is 0.409. The maximum absolute atomic E-state index is 8.76. The summed E-state index contributed by atoms with van der Waals surface area (Å²) < 4.78 is 0. The van der Waals surface area contributed by atoms with E-state index < -0.39 is 0 Å². The lowest BCUT2D eigenvalue weighted by Gasteiger charge is -2.19. The molecule has 0 radical (unpaired) electrons. The molecule has 1 saturated carbocycles. The maximum Gasteiger partial charge on any atom is 0.142 e. The summed E-state index contributed by atoms with van der Waals surface area (Å²) in [6.07, 6.45) is 3.55. The van der Waals surface area contributed by atoms with Crippen molar-refractivity contribution in [1.82, 2.24) is 4.98 Å². The van der Waals surface area contributed by atoms with E-state index in [9.17, 15) is 0 Å². The molecule has 3 N–H and O–H groups in total. The van der Waals surface area contributed by atoms with Crippen LogP contribution in [0, 0.1) is 17.2 Å². The summed E-state index contributed by atoms with van der Waals surface area (Å²) in [5, 5.41) is 12.1. The average Bonchev–Trinajstić information content (AvgIpc) is 2.76. The van der Waals surface area contributed by atoms with Gasteiger partial charge in [0.15, 0.2) is 0 Å². The number of nitriles is 1. The number of aromatic nitrogens is 1. The summed E-state index contributed by atoms with van der Waals surface area (Å²) in [5.41, 5.74) is 6.17. The van der Waals surface area contributed by atoms with E-state index in [1.165, 1.54) is 12.8 Å². The van der Waals surface area contributed by atoms with Gasteiger partial charge < -0.3 is 11.1 Å². The van der Waals surface area contributed by atoms with Gasteiger partial charge in [-0.3, -0.25) is 0 Å². The average molecular weight is 216 g/mol. The van der Waals surface area contributed by atoms with Gasteiger partial charge in [0.25, 0.3) is 0 Å². The third kappa shape index (κ3) is 2.31. The lowest BCUT2D eigenvalue weighted by Crippen LogP contribution is -2.29. The van der Waals surface area contributed by atoms with Crippen molar-refractivity contribution >= 4 is 5.82 Å². The molecule has 1 heterocycles. The topological polar surface area (TPSA) is 74.7 Å². The third-order valence-corrected chi connectivity index (χ3v) is 3.16. The molecule has 2 rings (SSSR count). The predicted octanol–water partition coefficient (Wildman–Crippen LogP) is 1.49. The van der Waals surface area contributed by atoms with Gasteiger partial charge >= 0.3 is 0 Å². The van der Waals surface area contributed by atoms with Crippen molar-refractivity contribution < 1.29 is 0 Å². The highest BCUT2D eigenvalue weighted by Crippen LogP contribution is 2.27. The summed E-state index contributed by atoms with van der Waals surface area (Å²) in [5.74, 6) is 1.32. The van der Waals surface area contributed by atoms with Crippen LogP contribution in [0.15, 0.2) is 18.2 Å². The summed E-state index contributed by atoms with van der Waals surface area (Å²) in [6.45, 7) is 0.718. The second-order valence-corrected chi connectivity index (χ2v) is 4.20. The van der Waals surface area contributed by atoms with Crippen LogP contribution in [0.1, 0.15) is 25.0 Å². The van der Waals surface area contributed by atoms with Crippen molar-refractivity contribution in [2.75, 3.05) is 11.9 Å². The van der Waals surface area contributed by atoms with Crippen LogP contribution in [0.25, 0.3) is 0 Å². The molecule has 1 aliphatic rings. The molecular formula is C12H16N4. The normalized spacial score (nSPS) is 24.0. The smallest absolute Gasteiger partial charge is 0.142 e. The quantitative estimate of drug-likeness (QED) is 0.802. The largest absolute Gasteiger partial charge is 0.367 e. The number of hydrogen-bond donors (Lipinski definition) is 2. The molecule has 2 atom stereocenters. The van der Waals surface area contributed by atoms with Crippen molar-refractivity contribution in [3.8, 4) is 6.07 Å². The fourth-order valence-electron chi connectivity index (χ4n) is 2.28. The minimum atomic E-state index is 0.409. The Hall–Kier alpha value is -1.60. The van der Waals surface area contributed by atoms with E-state index in [0.717, 1.165) is 18.8 Å². The highest BCUT2D eigenvalue weighted by atomic mass is 15.0. The molecule has 16 heavy (non-hydrogen) atoms. The predicted molar refractivity (Wildman–Crippen MR) is 62.8 cm³/mol. The number of hydrogen-bond acceptors (Lipinski definition) is 4. The van der Waals surface area contributed by atoms with Crippen LogP contribution < -0.4 is 11.1 Å². The van der Waals surface area contributed by atoms with Crippen molar-refractivity contribution in [3.05, 3.63) is 23.9 Å². The SMILES string of the molecule is N#Cc1cccc(NC2CCCC2CN)n1. The molecule has 0 aromatic carbocycles. The highest BCUT2D eigenvalue weighted by Gasteiger charge is 2.25. The van der Waals surface area contributed by atoms with Gasteiger partial charge in [-0.05, 0) is 37.4 Å². The number of pyridine rings is 1. The molecule has 84 valence electrons. The Morgan fingerprint density at radius 3 is 3.12 bits per heavy atom. The molecule has 4 heteroatoms. The Balaban J connectivity index is 2.06. The van der Waals surface area contributed by atoms with E-state index in [4.69, 9.17) is 11.0 Å². The molecule has 1 aromatic rings. The van der Waals surface area contributed by atoms with E-state index >= 15 is 0 Å². The van der Waals surface area contributed by atoms with Crippen LogP contribution in [0.5, 0.6) is 0 Å². The zero-order chi connectivity index (χ0) is 11.4. The fraction of sp³-hybridized carbons (Fsp3) is 0.500. The molecule has 4 nitrogen and oxygen atoms in total. The minimum Gasteiger partial charge on any atom is -0.367 e. The van der Waals surface area contributed by atoms with Crippen molar-refractivity contribution in [1.29, 1.82) is 5.26 Å². The van der Waals surface area contributed by atoms with Gasteiger partial charge in [0.2, 0.25) is 0 Å². The van der Waals surface area contributed by atoms with E-state index in [1.54, 1.807) is 6.07 Å². The molecule has 1 aromatic heterocycles. The summed E-state index contributed by atoms with van der Waals surface area (Å²) >= 11 is 0. The van der Waals surface area contributed by atoms with Gasteiger partial charge in [0.05, 0.1) is 0 Å². The lowest BCUT2D eigenvalue weighted by molar-refractivity contribution is 0.515. The Labute approximate surface area is 95.5 Å². The lowest BCUT2D eigenvalue weighted by atomic mass is 10.0. The van der Waals surface area contributed by atoms with Crippen molar-refractivity contribution in [2.24, 2.45) is 11.7 Å². The van der Waals surface area contributed by atoms with E-state index in [1.807, 2.05) is 18.2 Å². The molecule has 1 fully saturated rings. The van der Waals surface area contributed by atoms with E-state index in [0.29, 0.717) is 17.7 Å². The van der Waals surface area contributed by atoms with Gasteiger partial charge in [0, 0.05) is 6.04 Å². The van der Waals surface area contributed by atoms with E-state index in [2.05, 4.69) is 10.3 Å².